The molecule has 86 valence electrons. The lowest BCUT2D eigenvalue weighted by Gasteiger charge is -2.42. The van der Waals surface area contributed by atoms with Crippen LogP contribution < -0.4 is 4.74 Å². The highest BCUT2D eigenvalue weighted by Gasteiger charge is 2.41. The zero-order valence-corrected chi connectivity index (χ0v) is 9.74. The molecular weight excluding hydrogens is 200 g/mol. The van der Waals surface area contributed by atoms with Gasteiger partial charge >= 0.3 is 0 Å². The molecule has 1 heterocycles. The zero-order chi connectivity index (χ0) is 11.4. The maximum Gasteiger partial charge on any atom is 0.130 e. The summed E-state index contributed by atoms with van der Waals surface area (Å²) in [5, 5.41) is 0. The molecule has 1 aromatic carbocycles. The van der Waals surface area contributed by atoms with Crippen LogP contribution in [0.5, 0.6) is 5.75 Å². The van der Waals surface area contributed by atoms with Gasteiger partial charge in [0, 0.05) is 11.0 Å². The molecule has 0 amide bonds. The zero-order valence-electron chi connectivity index (χ0n) is 9.74. The van der Waals surface area contributed by atoms with E-state index in [1.165, 1.54) is 11.8 Å². The third kappa shape index (κ3) is 1.85. The molecule has 0 saturated carbocycles. The van der Waals surface area contributed by atoms with Gasteiger partial charge in [0.05, 0.1) is 19.5 Å². The first-order valence-electron chi connectivity index (χ1n) is 5.77. The third-order valence-corrected chi connectivity index (χ3v) is 3.15. The molecule has 0 unspecified atom stereocenters. The second-order valence-electron chi connectivity index (χ2n) is 4.30. The molecule has 1 aromatic rings. The van der Waals surface area contributed by atoms with Crippen molar-refractivity contribution in [1.82, 2.24) is 0 Å². The van der Waals surface area contributed by atoms with Gasteiger partial charge in [-0.25, -0.2) is 0 Å². The van der Waals surface area contributed by atoms with Crippen LogP contribution >= 0.6 is 0 Å². The van der Waals surface area contributed by atoms with Crippen molar-refractivity contribution >= 4 is 0 Å². The van der Waals surface area contributed by atoms with Crippen LogP contribution in [-0.2, 0) is 10.2 Å². The fourth-order valence-electron chi connectivity index (χ4n) is 2.36. The third-order valence-electron chi connectivity index (χ3n) is 3.15. The second-order valence-corrected chi connectivity index (χ2v) is 4.30. The molecule has 1 fully saturated rings. The lowest BCUT2D eigenvalue weighted by molar-refractivity contribution is -0.0654. The number of rotatable bonds is 5. The highest BCUT2D eigenvalue weighted by molar-refractivity contribution is 5.41. The van der Waals surface area contributed by atoms with Crippen LogP contribution in [-0.4, -0.2) is 13.2 Å². The van der Waals surface area contributed by atoms with Crippen molar-refractivity contribution in [3.63, 3.8) is 0 Å². The molecule has 2 heteroatoms. The first kappa shape index (κ1) is 11.2. The van der Waals surface area contributed by atoms with Crippen molar-refractivity contribution in [3.05, 3.63) is 42.7 Å². The van der Waals surface area contributed by atoms with Crippen molar-refractivity contribution < 1.29 is 9.47 Å². The van der Waals surface area contributed by atoms with Gasteiger partial charge in [0.25, 0.3) is 0 Å². The van der Waals surface area contributed by atoms with E-state index in [-0.39, 0.29) is 5.41 Å². The quantitative estimate of drug-likeness (QED) is 0.706. The van der Waals surface area contributed by atoms with E-state index in [4.69, 9.17) is 9.47 Å². The van der Waals surface area contributed by atoms with Gasteiger partial charge in [-0.1, -0.05) is 38.1 Å². The van der Waals surface area contributed by atoms with E-state index in [1.807, 2.05) is 12.1 Å². The summed E-state index contributed by atoms with van der Waals surface area (Å²) in [6.45, 7) is 7.43. The van der Waals surface area contributed by atoms with Gasteiger partial charge in [-0.15, -0.1) is 0 Å². The predicted molar refractivity (Wildman–Crippen MR) is 64.7 cm³/mol. The summed E-state index contributed by atoms with van der Waals surface area (Å²) in [6, 6.07) is 8.17. The van der Waals surface area contributed by atoms with E-state index in [0.29, 0.717) is 0 Å². The molecule has 1 aliphatic heterocycles. The van der Waals surface area contributed by atoms with E-state index in [0.717, 1.165) is 31.8 Å². The fraction of sp³-hybridized carbons (Fsp3) is 0.429. The van der Waals surface area contributed by atoms with Crippen molar-refractivity contribution in [3.8, 4) is 5.75 Å². The lowest BCUT2D eigenvalue weighted by Crippen LogP contribution is -2.46. The summed E-state index contributed by atoms with van der Waals surface area (Å²) in [5.41, 5.74) is 1.41. The van der Waals surface area contributed by atoms with Crippen molar-refractivity contribution in [2.24, 2.45) is 0 Å². The molecule has 2 nitrogen and oxygen atoms in total. The Balaban J connectivity index is 2.33. The van der Waals surface area contributed by atoms with E-state index < -0.39 is 0 Å². The molecule has 1 saturated heterocycles. The SMILES string of the molecule is C=COc1ccccc1C1(CCC)COC1. The standard InChI is InChI=1S/C14H18O2/c1-3-9-14(10-15-11-14)12-7-5-6-8-13(12)16-4-2/h4-8H,2-3,9-11H2,1H3. The van der Waals surface area contributed by atoms with Gasteiger partial charge < -0.3 is 9.47 Å². The van der Waals surface area contributed by atoms with E-state index in [2.05, 4.69) is 25.6 Å². The molecular formula is C14H18O2. The van der Waals surface area contributed by atoms with Gasteiger partial charge in [-0.05, 0) is 12.5 Å². The summed E-state index contributed by atoms with van der Waals surface area (Å²) in [5.74, 6) is 0.911. The number of ether oxygens (including phenoxy) is 2. The van der Waals surface area contributed by atoms with Crippen LogP contribution in [0.4, 0.5) is 0 Å². The minimum atomic E-state index is 0.161. The van der Waals surface area contributed by atoms with Gasteiger partial charge in [0.2, 0.25) is 0 Å². The van der Waals surface area contributed by atoms with E-state index in [1.54, 1.807) is 0 Å². The minimum absolute atomic E-state index is 0.161. The summed E-state index contributed by atoms with van der Waals surface area (Å²) in [6.07, 6.45) is 3.79. The Morgan fingerprint density at radius 2 is 2.19 bits per heavy atom. The summed E-state index contributed by atoms with van der Waals surface area (Å²) < 4.78 is 10.9. The average molecular weight is 218 g/mol. The molecule has 0 aliphatic carbocycles. The molecule has 1 aliphatic rings. The van der Waals surface area contributed by atoms with Gasteiger partial charge in [0.15, 0.2) is 0 Å². The predicted octanol–water partition coefficient (Wildman–Crippen LogP) is 3.28. The Hall–Kier alpha value is -1.28. The first-order valence-corrected chi connectivity index (χ1v) is 5.77. The first-order chi connectivity index (χ1) is 7.82. The maximum absolute atomic E-state index is 5.47. The molecule has 0 aromatic heterocycles. The Kier molecular flexibility index (Phi) is 3.30. The van der Waals surface area contributed by atoms with Crippen LogP contribution in [0.25, 0.3) is 0 Å². The molecule has 0 spiro atoms. The number of hydrogen-bond acceptors (Lipinski definition) is 2. The molecule has 0 atom stereocenters. The van der Waals surface area contributed by atoms with Crippen LogP contribution in [0.2, 0.25) is 0 Å². The number of benzene rings is 1. The topological polar surface area (TPSA) is 18.5 Å². The molecule has 16 heavy (non-hydrogen) atoms. The summed E-state index contributed by atoms with van der Waals surface area (Å²) >= 11 is 0. The second kappa shape index (κ2) is 4.71. The van der Waals surface area contributed by atoms with E-state index in [9.17, 15) is 0 Å². The fourth-order valence-corrected chi connectivity index (χ4v) is 2.36. The highest BCUT2D eigenvalue weighted by atomic mass is 16.5. The summed E-state index contributed by atoms with van der Waals surface area (Å²) in [4.78, 5) is 0. The van der Waals surface area contributed by atoms with E-state index >= 15 is 0 Å². The normalized spacial score (nSPS) is 17.6. The van der Waals surface area contributed by atoms with Gasteiger partial charge in [-0.2, -0.15) is 0 Å². The summed E-state index contributed by atoms with van der Waals surface area (Å²) in [7, 11) is 0. The van der Waals surface area contributed by atoms with Gasteiger partial charge in [-0.3, -0.25) is 0 Å². The molecule has 2 rings (SSSR count). The van der Waals surface area contributed by atoms with Crippen LogP contribution in [0.3, 0.4) is 0 Å². The number of para-hydroxylation sites is 1. The van der Waals surface area contributed by atoms with Crippen molar-refractivity contribution in [2.45, 2.75) is 25.2 Å². The molecule has 0 bridgehead atoms. The number of hydrogen-bond donors (Lipinski definition) is 0. The highest BCUT2D eigenvalue weighted by Crippen LogP contribution is 2.41. The Morgan fingerprint density at radius 3 is 2.75 bits per heavy atom. The largest absolute Gasteiger partial charge is 0.465 e. The van der Waals surface area contributed by atoms with Gasteiger partial charge in [0.1, 0.15) is 5.75 Å². The monoisotopic (exact) mass is 218 g/mol. The Morgan fingerprint density at radius 1 is 1.44 bits per heavy atom. The van der Waals surface area contributed by atoms with Crippen LogP contribution in [0.15, 0.2) is 37.1 Å². The smallest absolute Gasteiger partial charge is 0.130 e. The Labute approximate surface area is 96.9 Å². The molecule has 0 radical (unpaired) electrons. The average Bonchev–Trinajstić information content (AvgIpc) is 2.25. The maximum atomic E-state index is 5.47. The lowest BCUT2D eigenvalue weighted by atomic mass is 9.75. The molecule has 0 N–H and O–H groups in total. The van der Waals surface area contributed by atoms with Crippen molar-refractivity contribution in [1.29, 1.82) is 0 Å². The van der Waals surface area contributed by atoms with Crippen LogP contribution in [0, 0.1) is 0 Å². The van der Waals surface area contributed by atoms with Crippen molar-refractivity contribution in [2.75, 3.05) is 13.2 Å². The Bertz CT molecular complexity index is 367. The van der Waals surface area contributed by atoms with Crippen LogP contribution in [0.1, 0.15) is 25.3 Å². The minimum Gasteiger partial charge on any atom is -0.465 e.